The van der Waals surface area contributed by atoms with E-state index in [9.17, 15) is 8.42 Å². The van der Waals surface area contributed by atoms with E-state index in [0.717, 1.165) is 19.3 Å². The Morgan fingerprint density at radius 1 is 1.35 bits per heavy atom. The summed E-state index contributed by atoms with van der Waals surface area (Å²) in [6.45, 7) is 4.26. The Kier molecular flexibility index (Phi) is 4.12. The molecule has 2 atom stereocenters. The van der Waals surface area contributed by atoms with Gasteiger partial charge in [-0.3, -0.25) is 0 Å². The zero-order valence-corrected chi connectivity index (χ0v) is 13.1. The fourth-order valence-corrected chi connectivity index (χ4v) is 3.77. The van der Waals surface area contributed by atoms with Crippen molar-refractivity contribution in [3.63, 3.8) is 0 Å². The Bertz CT molecular complexity index is 579. The third-order valence-electron chi connectivity index (χ3n) is 4.68. The summed E-state index contributed by atoms with van der Waals surface area (Å²) in [6, 6.07) is 6.86. The lowest BCUT2D eigenvalue weighted by molar-refractivity contribution is -0.0723. The Morgan fingerprint density at radius 3 is 2.50 bits per heavy atom. The van der Waals surface area contributed by atoms with Gasteiger partial charge in [-0.2, -0.15) is 0 Å². The van der Waals surface area contributed by atoms with Crippen LogP contribution in [0.1, 0.15) is 33.1 Å². The first-order valence-corrected chi connectivity index (χ1v) is 8.95. The quantitative estimate of drug-likeness (QED) is 0.906. The molecule has 1 aromatic rings. The minimum atomic E-state index is -3.21. The largest absolute Gasteiger partial charge is 0.490 e. The van der Waals surface area contributed by atoms with E-state index in [1.807, 2.05) is 0 Å². The number of hydrogen-bond acceptors (Lipinski definition) is 4. The molecule has 1 aromatic carbocycles. The van der Waals surface area contributed by atoms with Crippen LogP contribution in [0.4, 0.5) is 0 Å². The first-order chi connectivity index (χ1) is 9.33. The summed E-state index contributed by atoms with van der Waals surface area (Å²) in [4.78, 5) is 0.289. The lowest BCUT2D eigenvalue weighted by Gasteiger charge is -2.53. The molecule has 1 saturated carbocycles. The summed E-state index contributed by atoms with van der Waals surface area (Å²) < 4.78 is 29.2. The molecular weight excluding hydrogens is 274 g/mol. The van der Waals surface area contributed by atoms with E-state index in [2.05, 4.69) is 13.8 Å². The maximum absolute atomic E-state index is 11.6. The fraction of sp³-hybridized carbons (Fsp3) is 0.600. The SMILES string of the molecule is CCC1(CC)C(N)CC1Oc1cccc(S(C)(=O)=O)c1. The topological polar surface area (TPSA) is 69.4 Å². The third kappa shape index (κ3) is 2.56. The van der Waals surface area contributed by atoms with E-state index in [1.54, 1.807) is 24.3 Å². The molecule has 2 unspecified atom stereocenters. The second kappa shape index (κ2) is 5.37. The first kappa shape index (κ1) is 15.3. The predicted octanol–water partition coefficient (Wildman–Crippen LogP) is 2.37. The summed E-state index contributed by atoms with van der Waals surface area (Å²) in [7, 11) is -3.21. The number of ether oxygens (including phenoxy) is 1. The predicted molar refractivity (Wildman–Crippen MR) is 79.6 cm³/mol. The molecule has 0 bridgehead atoms. The first-order valence-electron chi connectivity index (χ1n) is 7.06. The van der Waals surface area contributed by atoms with Crippen molar-refractivity contribution < 1.29 is 13.2 Å². The molecule has 1 fully saturated rings. The number of benzene rings is 1. The van der Waals surface area contributed by atoms with Gasteiger partial charge < -0.3 is 10.5 Å². The molecule has 0 saturated heterocycles. The zero-order chi connectivity index (χ0) is 15.0. The van der Waals surface area contributed by atoms with E-state index < -0.39 is 9.84 Å². The van der Waals surface area contributed by atoms with Crippen LogP contribution in [0, 0.1) is 5.41 Å². The molecule has 0 heterocycles. The van der Waals surface area contributed by atoms with Crippen LogP contribution < -0.4 is 10.5 Å². The number of nitrogens with two attached hydrogens (primary N) is 1. The van der Waals surface area contributed by atoms with Crippen LogP contribution >= 0.6 is 0 Å². The van der Waals surface area contributed by atoms with E-state index in [4.69, 9.17) is 10.5 Å². The molecule has 1 aliphatic carbocycles. The Balaban J connectivity index is 2.20. The molecule has 4 nitrogen and oxygen atoms in total. The van der Waals surface area contributed by atoms with Gasteiger partial charge in [-0.05, 0) is 31.0 Å². The van der Waals surface area contributed by atoms with Crippen LogP contribution in [-0.2, 0) is 9.84 Å². The molecule has 0 aromatic heterocycles. The Morgan fingerprint density at radius 2 is 2.00 bits per heavy atom. The van der Waals surface area contributed by atoms with Crippen LogP contribution in [-0.4, -0.2) is 26.8 Å². The van der Waals surface area contributed by atoms with Crippen LogP contribution in [0.3, 0.4) is 0 Å². The van der Waals surface area contributed by atoms with Gasteiger partial charge in [0.25, 0.3) is 0 Å². The lowest BCUT2D eigenvalue weighted by atomic mass is 9.59. The summed E-state index contributed by atoms with van der Waals surface area (Å²) in [5.74, 6) is 0.608. The highest BCUT2D eigenvalue weighted by atomic mass is 32.2. The highest BCUT2D eigenvalue weighted by Gasteiger charge is 2.52. The molecule has 2 rings (SSSR count). The average molecular weight is 297 g/mol. The molecule has 5 heteroatoms. The normalized spacial score (nSPS) is 25.0. The molecule has 20 heavy (non-hydrogen) atoms. The van der Waals surface area contributed by atoms with Gasteiger partial charge >= 0.3 is 0 Å². The molecule has 112 valence electrons. The van der Waals surface area contributed by atoms with Crippen molar-refractivity contribution in [2.75, 3.05) is 6.26 Å². The maximum Gasteiger partial charge on any atom is 0.175 e. The van der Waals surface area contributed by atoms with Crippen molar-refractivity contribution in [1.29, 1.82) is 0 Å². The monoisotopic (exact) mass is 297 g/mol. The van der Waals surface area contributed by atoms with E-state index in [0.29, 0.717) is 5.75 Å². The lowest BCUT2D eigenvalue weighted by Crippen LogP contribution is -2.62. The molecule has 1 aliphatic rings. The van der Waals surface area contributed by atoms with Gasteiger partial charge in [0.15, 0.2) is 9.84 Å². The van der Waals surface area contributed by atoms with Crippen LogP contribution in [0.15, 0.2) is 29.2 Å². The molecule has 0 aliphatic heterocycles. The molecule has 0 spiro atoms. The smallest absolute Gasteiger partial charge is 0.175 e. The zero-order valence-electron chi connectivity index (χ0n) is 12.3. The van der Waals surface area contributed by atoms with E-state index >= 15 is 0 Å². The van der Waals surface area contributed by atoms with Crippen LogP contribution in [0.2, 0.25) is 0 Å². The molecular formula is C15H23NO3S. The third-order valence-corrected chi connectivity index (χ3v) is 5.79. The van der Waals surface area contributed by atoms with Gasteiger partial charge in [-0.15, -0.1) is 0 Å². The van der Waals surface area contributed by atoms with Gasteiger partial charge in [-0.25, -0.2) is 8.42 Å². The molecule has 0 radical (unpaired) electrons. The Hall–Kier alpha value is -1.07. The minimum Gasteiger partial charge on any atom is -0.490 e. The Labute approximate surface area is 121 Å². The fourth-order valence-electron chi connectivity index (χ4n) is 3.12. The van der Waals surface area contributed by atoms with Gasteiger partial charge in [0.2, 0.25) is 0 Å². The second-order valence-corrected chi connectivity index (χ2v) is 7.65. The number of sulfone groups is 1. The van der Waals surface area contributed by atoms with Gasteiger partial charge in [0.1, 0.15) is 11.9 Å². The maximum atomic E-state index is 11.6. The number of rotatable bonds is 5. The van der Waals surface area contributed by atoms with Crippen molar-refractivity contribution in [1.82, 2.24) is 0 Å². The van der Waals surface area contributed by atoms with Crippen molar-refractivity contribution >= 4 is 9.84 Å². The van der Waals surface area contributed by atoms with E-state index in [-0.39, 0.29) is 22.5 Å². The average Bonchev–Trinajstić information content (AvgIpc) is 2.39. The highest BCUT2D eigenvalue weighted by Crippen LogP contribution is 2.47. The minimum absolute atomic E-state index is 0.0150. The van der Waals surface area contributed by atoms with Crippen LogP contribution in [0.5, 0.6) is 5.75 Å². The van der Waals surface area contributed by atoms with Gasteiger partial charge in [0, 0.05) is 24.1 Å². The van der Waals surface area contributed by atoms with E-state index in [1.165, 1.54) is 6.26 Å². The summed E-state index contributed by atoms with van der Waals surface area (Å²) >= 11 is 0. The van der Waals surface area contributed by atoms with Crippen molar-refractivity contribution in [3.8, 4) is 5.75 Å². The van der Waals surface area contributed by atoms with Crippen LogP contribution in [0.25, 0.3) is 0 Å². The second-order valence-electron chi connectivity index (χ2n) is 5.64. The van der Waals surface area contributed by atoms with Gasteiger partial charge in [0.05, 0.1) is 4.90 Å². The molecule has 0 amide bonds. The summed E-state index contributed by atoms with van der Waals surface area (Å²) in [5, 5.41) is 0. The molecule has 2 N–H and O–H groups in total. The number of hydrogen-bond donors (Lipinski definition) is 1. The highest BCUT2D eigenvalue weighted by molar-refractivity contribution is 7.90. The van der Waals surface area contributed by atoms with Gasteiger partial charge in [-0.1, -0.05) is 19.9 Å². The standard InChI is InChI=1S/C15H23NO3S/c1-4-15(5-2)13(16)10-14(15)19-11-7-6-8-12(9-11)20(3,17)18/h6-9,13-14H,4-5,10,16H2,1-3H3. The van der Waals surface area contributed by atoms with Crippen molar-refractivity contribution in [2.24, 2.45) is 11.1 Å². The van der Waals surface area contributed by atoms with Crippen molar-refractivity contribution in [3.05, 3.63) is 24.3 Å². The summed E-state index contributed by atoms with van der Waals surface area (Å²) in [5.41, 5.74) is 6.16. The summed E-state index contributed by atoms with van der Waals surface area (Å²) in [6.07, 6.45) is 4.04. The van der Waals surface area contributed by atoms with Crippen molar-refractivity contribution in [2.45, 2.75) is 50.2 Å².